The van der Waals surface area contributed by atoms with Gasteiger partial charge >= 0.3 is 0 Å². The average molecular weight is 350 g/mol. The van der Waals surface area contributed by atoms with Crippen molar-refractivity contribution < 1.29 is 0 Å². The zero-order valence-corrected chi connectivity index (χ0v) is 13.0. The van der Waals surface area contributed by atoms with E-state index in [9.17, 15) is 0 Å². The maximum absolute atomic E-state index is 4.41. The highest BCUT2D eigenvalue weighted by atomic mass is 79.9. The molecule has 90 valence electrons. The van der Waals surface area contributed by atoms with Crippen molar-refractivity contribution in [3.63, 3.8) is 0 Å². The lowest BCUT2D eigenvalue weighted by molar-refractivity contribution is 0.706. The number of unbranched alkanes of at least 4 members (excludes halogenated alkanes) is 2. The molecular formula is C12H18Br2N2. The molecule has 0 atom stereocenters. The summed E-state index contributed by atoms with van der Waals surface area (Å²) in [6.07, 6.45) is 5.62. The maximum atomic E-state index is 4.41. The van der Waals surface area contributed by atoms with Crippen LogP contribution < -0.4 is 4.90 Å². The van der Waals surface area contributed by atoms with E-state index < -0.39 is 0 Å². The average Bonchev–Trinajstić information content (AvgIpc) is 2.28. The third-order valence-electron chi connectivity index (χ3n) is 2.55. The van der Waals surface area contributed by atoms with Crippen molar-refractivity contribution in [3.05, 3.63) is 22.3 Å². The Bertz CT molecular complexity index is 329. The van der Waals surface area contributed by atoms with E-state index in [-0.39, 0.29) is 0 Å². The van der Waals surface area contributed by atoms with E-state index in [2.05, 4.69) is 61.8 Å². The Morgan fingerprint density at radius 1 is 1.31 bits per heavy atom. The van der Waals surface area contributed by atoms with Gasteiger partial charge in [0.1, 0.15) is 5.82 Å². The molecule has 0 unspecified atom stereocenters. The van der Waals surface area contributed by atoms with Crippen molar-refractivity contribution in [3.8, 4) is 0 Å². The number of hydrogen-bond acceptors (Lipinski definition) is 2. The number of aromatic nitrogens is 1. The lowest BCUT2D eigenvalue weighted by Crippen LogP contribution is -2.19. The number of aryl methyl sites for hydroxylation is 1. The number of hydrogen-bond donors (Lipinski definition) is 0. The molecule has 0 aromatic carbocycles. The first kappa shape index (κ1) is 14.0. The molecule has 0 saturated heterocycles. The summed E-state index contributed by atoms with van der Waals surface area (Å²) in [5.41, 5.74) is 1.23. The molecule has 0 aliphatic rings. The molecule has 1 heterocycles. The second-order valence-electron chi connectivity index (χ2n) is 3.96. The highest BCUT2D eigenvalue weighted by Gasteiger charge is 2.03. The van der Waals surface area contributed by atoms with E-state index in [1.807, 2.05) is 6.20 Å². The minimum absolute atomic E-state index is 1.06. The first-order valence-electron chi connectivity index (χ1n) is 5.54. The van der Waals surface area contributed by atoms with Gasteiger partial charge in [0.25, 0.3) is 0 Å². The van der Waals surface area contributed by atoms with Crippen molar-refractivity contribution in [2.75, 3.05) is 23.8 Å². The van der Waals surface area contributed by atoms with Crippen molar-refractivity contribution in [2.45, 2.75) is 26.2 Å². The highest BCUT2D eigenvalue weighted by molar-refractivity contribution is 9.10. The zero-order chi connectivity index (χ0) is 12.0. The quantitative estimate of drug-likeness (QED) is 0.566. The minimum atomic E-state index is 1.06. The van der Waals surface area contributed by atoms with Crippen LogP contribution in [0.2, 0.25) is 0 Å². The fraction of sp³-hybridized carbons (Fsp3) is 0.583. The molecule has 0 spiro atoms. The van der Waals surface area contributed by atoms with Crippen LogP contribution in [-0.2, 0) is 0 Å². The number of anilines is 1. The Kier molecular flexibility index (Phi) is 6.36. The summed E-state index contributed by atoms with van der Waals surface area (Å²) in [6.45, 7) is 3.16. The van der Waals surface area contributed by atoms with Crippen molar-refractivity contribution in [1.29, 1.82) is 0 Å². The molecule has 0 fully saturated rings. The molecule has 4 heteroatoms. The lowest BCUT2D eigenvalue weighted by atomic mass is 10.2. The van der Waals surface area contributed by atoms with Gasteiger partial charge < -0.3 is 4.90 Å². The fourth-order valence-corrected chi connectivity index (χ4v) is 2.08. The van der Waals surface area contributed by atoms with Crippen LogP contribution in [0.4, 0.5) is 5.82 Å². The van der Waals surface area contributed by atoms with Crippen molar-refractivity contribution >= 4 is 37.7 Å². The van der Waals surface area contributed by atoms with E-state index in [0.29, 0.717) is 0 Å². The molecule has 0 radical (unpaired) electrons. The number of halogens is 2. The van der Waals surface area contributed by atoms with Crippen LogP contribution in [0, 0.1) is 6.92 Å². The monoisotopic (exact) mass is 348 g/mol. The topological polar surface area (TPSA) is 16.1 Å². The Morgan fingerprint density at radius 2 is 2.06 bits per heavy atom. The van der Waals surface area contributed by atoms with Gasteiger partial charge in [0.2, 0.25) is 0 Å². The fourth-order valence-electron chi connectivity index (χ4n) is 1.47. The predicted octanol–water partition coefficient (Wildman–Crippen LogP) is 4.15. The lowest BCUT2D eigenvalue weighted by Gasteiger charge is -2.18. The zero-order valence-electron chi connectivity index (χ0n) is 9.84. The van der Waals surface area contributed by atoms with E-state index in [4.69, 9.17) is 0 Å². The molecule has 0 amide bonds. The van der Waals surface area contributed by atoms with E-state index in [0.717, 1.165) is 22.2 Å². The maximum Gasteiger partial charge on any atom is 0.128 e. The molecule has 0 bridgehead atoms. The molecule has 1 aromatic heterocycles. The molecule has 16 heavy (non-hydrogen) atoms. The van der Waals surface area contributed by atoms with Gasteiger partial charge in [0.05, 0.1) is 0 Å². The van der Waals surface area contributed by atoms with Crippen LogP contribution in [0.15, 0.2) is 16.7 Å². The van der Waals surface area contributed by atoms with Crippen LogP contribution in [0.25, 0.3) is 0 Å². The molecule has 1 aromatic rings. The van der Waals surface area contributed by atoms with Crippen LogP contribution in [0.5, 0.6) is 0 Å². The third kappa shape index (κ3) is 4.42. The van der Waals surface area contributed by atoms with Gasteiger partial charge in [-0.3, -0.25) is 0 Å². The smallest absolute Gasteiger partial charge is 0.128 e. The van der Waals surface area contributed by atoms with Gasteiger partial charge in [-0.2, -0.15) is 0 Å². The van der Waals surface area contributed by atoms with Gasteiger partial charge in [-0.25, -0.2) is 4.98 Å². The highest BCUT2D eigenvalue weighted by Crippen LogP contribution is 2.19. The van der Waals surface area contributed by atoms with Crippen LogP contribution in [0.3, 0.4) is 0 Å². The van der Waals surface area contributed by atoms with Gasteiger partial charge in [-0.1, -0.05) is 22.4 Å². The summed E-state index contributed by atoms with van der Waals surface area (Å²) in [5.74, 6) is 1.06. The summed E-state index contributed by atoms with van der Waals surface area (Å²) < 4.78 is 1.07. The molecule has 0 saturated carbocycles. The first-order valence-corrected chi connectivity index (χ1v) is 7.46. The second kappa shape index (κ2) is 7.28. The Hall–Kier alpha value is -0.0900. The normalized spacial score (nSPS) is 10.5. The summed E-state index contributed by atoms with van der Waals surface area (Å²) >= 11 is 6.91. The molecule has 0 aliphatic carbocycles. The van der Waals surface area contributed by atoms with Gasteiger partial charge in [0, 0.05) is 29.6 Å². The van der Waals surface area contributed by atoms with Gasteiger partial charge in [0.15, 0.2) is 0 Å². The second-order valence-corrected chi connectivity index (χ2v) is 5.61. The summed E-state index contributed by atoms with van der Waals surface area (Å²) in [5, 5.41) is 1.10. The largest absolute Gasteiger partial charge is 0.360 e. The number of alkyl halides is 1. The standard InChI is InChI=1S/C12H18Br2N2/c1-10-8-12(15-9-11(10)14)16(2)7-5-3-4-6-13/h8-9H,3-7H2,1-2H3. The van der Waals surface area contributed by atoms with Crippen LogP contribution in [-0.4, -0.2) is 23.9 Å². The first-order chi connectivity index (χ1) is 7.65. The molecule has 2 nitrogen and oxygen atoms in total. The minimum Gasteiger partial charge on any atom is -0.360 e. The van der Waals surface area contributed by atoms with Crippen molar-refractivity contribution in [1.82, 2.24) is 4.98 Å². The number of pyridine rings is 1. The molecular weight excluding hydrogens is 332 g/mol. The van der Waals surface area contributed by atoms with E-state index in [1.54, 1.807) is 0 Å². The third-order valence-corrected chi connectivity index (χ3v) is 3.94. The molecule has 1 rings (SSSR count). The summed E-state index contributed by atoms with van der Waals surface area (Å²) in [7, 11) is 2.10. The number of rotatable bonds is 6. The summed E-state index contributed by atoms with van der Waals surface area (Å²) in [6, 6.07) is 2.12. The summed E-state index contributed by atoms with van der Waals surface area (Å²) in [4.78, 5) is 6.62. The van der Waals surface area contributed by atoms with E-state index in [1.165, 1.54) is 24.8 Å². The molecule has 0 aliphatic heterocycles. The van der Waals surface area contributed by atoms with Crippen LogP contribution in [0.1, 0.15) is 24.8 Å². The Morgan fingerprint density at radius 3 is 2.69 bits per heavy atom. The van der Waals surface area contributed by atoms with Gasteiger partial charge in [-0.05, 0) is 47.3 Å². The molecule has 0 N–H and O–H groups in total. The van der Waals surface area contributed by atoms with Crippen LogP contribution >= 0.6 is 31.9 Å². The Balaban J connectivity index is 2.46. The van der Waals surface area contributed by atoms with Crippen molar-refractivity contribution in [2.24, 2.45) is 0 Å². The Labute approximate surface area is 115 Å². The number of nitrogens with zero attached hydrogens (tertiary/aromatic N) is 2. The van der Waals surface area contributed by atoms with E-state index >= 15 is 0 Å². The van der Waals surface area contributed by atoms with Gasteiger partial charge in [-0.15, -0.1) is 0 Å². The SMILES string of the molecule is Cc1cc(N(C)CCCCCBr)ncc1Br. The predicted molar refractivity (Wildman–Crippen MR) is 77.6 cm³/mol.